The molecule has 0 spiro atoms. The molecular formula is C48H31NO. The second-order valence-electron chi connectivity index (χ2n) is 12.9. The van der Waals surface area contributed by atoms with Gasteiger partial charge in [0.2, 0.25) is 0 Å². The third-order valence-electron chi connectivity index (χ3n) is 10.0. The van der Waals surface area contributed by atoms with Crippen LogP contribution in [0.3, 0.4) is 0 Å². The van der Waals surface area contributed by atoms with Crippen LogP contribution in [0, 0.1) is 0 Å². The zero-order chi connectivity index (χ0) is 33.0. The van der Waals surface area contributed by atoms with Crippen LogP contribution in [0.15, 0.2) is 192 Å². The van der Waals surface area contributed by atoms with E-state index in [9.17, 15) is 0 Å². The van der Waals surface area contributed by atoms with E-state index in [0.717, 1.165) is 44.4 Å². The van der Waals surface area contributed by atoms with E-state index >= 15 is 0 Å². The van der Waals surface area contributed by atoms with Gasteiger partial charge in [0.25, 0.3) is 0 Å². The van der Waals surface area contributed by atoms with E-state index < -0.39 is 0 Å². The molecule has 10 aromatic rings. The highest BCUT2D eigenvalue weighted by Crippen LogP contribution is 2.45. The molecule has 0 N–H and O–H groups in total. The van der Waals surface area contributed by atoms with Crippen LogP contribution in [-0.4, -0.2) is 0 Å². The fourth-order valence-electron chi connectivity index (χ4n) is 7.61. The zero-order valence-electron chi connectivity index (χ0n) is 27.3. The Balaban J connectivity index is 1.17. The summed E-state index contributed by atoms with van der Waals surface area (Å²) < 4.78 is 6.76. The largest absolute Gasteiger partial charge is 0.455 e. The summed E-state index contributed by atoms with van der Waals surface area (Å²) in [7, 11) is 0. The SMILES string of the molecule is c1ccc(N(c2ccc(-c3ccc4ccccc4c3)cc2)c2ccc3oc4c5ccccc5cc(-c5cccc6ccccc56)c4c3c2)cc1. The summed E-state index contributed by atoms with van der Waals surface area (Å²) >= 11 is 0. The van der Waals surface area contributed by atoms with Crippen molar-refractivity contribution in [3.8, 4) is 22.3 Å². The van der Waals surface area contributed by atoms with Crippen molar-refractivity contribution in [3.63, 3.8) is 0 Å². The van der Waals surface area contributed by atoms with Gasteiger partial charge in [0.05, 0.1) is 0 Å². The monoisotopic (exact) mass is 637 g/mol. The van der Waals surface area contributed by atoms with Gasteiger partial charge in [0.15, 0.2) is 0 Å². The first-order valence-corrected chi connectivity index (χ1v) is 17.1. The Morgan fingerprint density at radius 2 is 0.980 bits per heavy atom. The van der Waals surface area contributed by atoms with Gasteiger partial charge in [-0.1, -0.05) is 133 Å². The van der Waals surface area contributed by atoms with Gasteiger partial charge >= 0.3 is 0 Å². The predicted octanol–water partition coefficient (Wildman–Crippen LogP) is 13.8. The molecule has 50 heavy (non-hydrogen) atoms. The molecule has 0 amide bonds. The smallest absolute Gasteiger partial charge is 0.143 e. The Morgan fingerprint density at radius 1 is 0.340 bits per heavy atom. The molecule has 2 nitrogen and oxygen atoms in total. The molecule has 1 heterocycles. The van der Waals surface area contributed by atoms with Crippen LogP contribution in [-0.2, 0) is 0 Å². The number of para-hydroxylation sites is 1. The van der Waals surface area contributed by atoms with E-state index in [0.29, 0.717) is 0 Å². The first-order valence-electron chi connectivity index (χ1n) is 17.1. The molecular weight excluding hydrogens is 607 g/mol. The van der Waals surface area contributed by atoms with Crippen LogP contribution < -0.4 is 4.90 Å². The highest BCUT2D eigenvalue weighted by atomic mass is 16.3. The van der Waals surface area contributed by atoms with Gasteiger partial charge in [-0.25, -0.2) is 0 Å². The molecule has 0 unspecified atom stereocenters. The van der Waals surface area contributed by atoms with E-state index in [1.165, 1.54) is 49.2 Å². The number of fused-ring (bicyclic) bond motifs is 7. The van der Waals surface area contributed by atoms with Gasteiger partial charge in [-0.15, -0.1) is 0 Å². The molecule has 234 valence electrons. The Morgan fingerprint density at radius 3 is 1.82 bits per heavy atom. The number of anilines is 3. The summed E-state index contributed by atoms with van der Waals surface area (Å²) in [6, 6.07) is 67.4. The molecule has 0 aliphatic rings. The number of nitrogens with zero attached hydrogens (tertiary/aromatic N) is 1. The third kappa shape index (κ3) is 4.65. The fourth-order valence-corrected chi connectivity index (χ4v) is 7.61. The van der Waals surface area contributed by atoms with Gasteiger partial charge < -0.3 is 9.32 Å². The number of furan rings is 1. The molecule has 0 radical (unpaired) electrons. The molecule has 0 aliphatic heterocycles. The third-order valence-corrected chi connectivity index (χ3v) is 10.0. The molecule has 2 heteroatoms. The Bertz CT molecular complexity index is 2860. The molecule has 0 saturated heterocycles. The summed E-state index contributed by atoms with van der Waals surface area (Å²) in [6.07, 6.45) is 0. The van der Waals surface area contributed by atoms with Crippen LogP contribution >= 0.6 is 0 Å². The maximum Gasteiger partial charge on any atom is 0.143 e. The van der Waals surface area contributed by atoms with Crippen LogP contribution in [0.2, 0.25) is 0 Å². The van der Waals surface area contributed by atoms with Crippen LogP contribution in [0.25, 0.3) is 76.5 Å². The zero-order valence-corrected chi connectivity index (χ0v) is 27.3. The van der Waals surface area contributed by atoms with Crippen molar-refractivity contribution in [2.24, 2.45) is 0 Å². The maximum atomic E-state index is 6.76. The van der Waals surface area contributed by atoms with Crippen molar-refractivity contribution in [2.75, 3.05) is 4.90 Å². The molecule has 0 saturated carbocycles. The summed E-state index contributed by atoms with van der Waals surface area (Å²) in [4.78, 5) is 2.33. The maximum absolute atomic E-state index is 6.76. The van der Waals surface area contributed by atoms with Crippen LogP contribution in [0.5, 0.6) is 0 Å². The van der Waals surface area contributed by atoms with E-state index in [-0.39, 0.29) is 0 Å². The van der Waals surface area contributed by atoms with E-state index in [4.69, 9.17) is 4.42 Å². The molecule has 9 aromatic carbocycles. The number of hydrogen-bond acceptors (Lipinski definition) is 2. The fraction of sp³-hybridized carbons (Fsp3) is 0. The van der Waals surface area contributed by atoms with Crippen molar-refractivity contribution >= 4 is 71.3 Å². The Labute approximate surface area is 290 Å². The lowest BCUT2D eigenvalue weighted by Gasteiger charge is -2.25. The van der Waals surface area contributed by atoms with Crippen molar-refractivity contribution < 1.29 is 4.42 Å². The molecule has 10 rings (SSSR count). The van der Waals surface area contributed by atoms with Crippen LogP contribution in [0.1, 0.15) is 0 Å². The average molecular weight is 638 g/mol. The number of rotatable bonds is 5. The molecule has 0 atom stereocenters. The van der Waals surface area contributed by atoms with Gasteiger partial charge in [0.1, 0.15) is 11.2 Å². The van der Waals surface area contributed by atoms with Crippen LogP contribution in [0.4, 0.5) is 17.1 Å². The van der Waals surface area contributed by atoms with Gasteiger partial charge in [-0.05, 0) is 104 Å². The second-order valence-corrected chi connectivity index (χ2v) is 12.9. The molecule has 1 aromatic heterocycles. The first-order chi connectivity index (χ1) is 24.8. The molecule has 0 aliphatic carbocycles. The number of benzene rings is 9. The highest BCUT2D eigenvalue weighted by molar-refractivity contribution is 6.23. The lowest BCUT2D eigenvalue weighted by molar-refractivity contribution is 0.673. The van der Waals surface area contributed by atoms with Crippen molar-refractivity contribution in [2.45, 2.75) is 0 Å². The van der Waals surface area contributed by atoms with E-state index in [1.54, 1.807) is 0 Å². The lowest BCUT2D eigenvalue weighted by Crippen LogP contribution is -2.09. The summed E-state index contributed by atoms with van der Waals surface area (Å²) in [5.41, 5.74) is 9.84. The van der Waals surface area contributed by atoms with Gasteiger partial charge in [0, 0.05) is 33.2 Å². The van der Waals surface area contributed by atoms with Crippen molar-refractivity contribution in [1.82, 2.24) is 0 Å². The minimum Gasteiger partial charge on any atom is -0.455 e. The Hall–Kier alpha value is -6.64. The normalized spacial score (nSPS) is 11.6. The minimum absolute atomic E-state index is 0.876. The second kappa shape index (κ2) is 11.5. The predicted molar refractivity (Wildman–Crippen MR) is 212 cm³/mol. The average Bonchev–Trinajstić information content (AvgIpc) is 3.57. The topological polar surface area (TPSA) is 16.4 Å². The quantitative estimate of drug-likeness (QED) is 0.187. The van der Waals surface area contributed by atoms with Crippen molar-refractivity contribution in [1.29, 1.82) is 0 Å². The Kier molecular flexibility index (Phi) is 6.53. The highest BCUT2D eigenvalue weighted by Gasteiger charge is 2.20. The summed E-state index contributed by atoms with van der Waals surface area (Å²) in [6.45, 7) is 0. The minimum atomic E-state index is 0.876. The van der Waals surface area contributed by atoms with Crippen molar-refractivity contribution in [3.05, 3.63) is 188 Å². The summed E-state index contributed by atoms with van der Waals surface area (Å²) in [5.74, 6) is 0. The van der Waals surface area contributed by atoms with E-state index in [1.807, 2.05) is 0 Å². The van der Waals surface area contributed by atoms with E-state index in [2.05, 4.69) is 193 Å². The van der Waals surface area contributed by atoms with Gasteiger partial charge in [-0.3, -0.25) is 0 Å². The summed E-state index contributed by atoms with van der Waals surface area (Å²) in [5, 5.41) is 9.47. The lowest BCUT2D eigenvalue weighted by atomic mass is 9.92. The van der Waals surface area contributed by atoms with Gasteiger partial charge in [-0.2, -0.15) is 0 Å². The number of hydrogen-bond donors (Lipinski definition) is 0. The molecule has 0 fully saturated rings. The first kappa shape index (κ1) is 28.4. The standard InChI is InChI=1S/C48H31NO/c1-2-16-38(17-3-1)49(39-25-23-33(24-26-39)36-22-21-32-11-4-5-13-35(32)29-36)40-27-28-46-45(31-40)47-44(30-37-14-7-9-19-42(37)48(47)50-46)43-20-10-15-34-12-6-8-18-41(34)43/h1-31H. The molecule has 0 bridgehead atoms.